The van der Waals surface area contributed by atoms with E-state index in [1.807, 2.05) is 27.7 Å². The van der Waals surface area contributed by atoms with Crippen LogP contribution in [0.15, 0.2) is 11.1 Å². The molecule has 1 saturated carbocycles. The monoisotopic (exact) mass is 308 g/mol. The Hall–Kier alpha value is -1.32. The molecule has 2 aliphatic rings. The van der Waals surface area contributed by atoms with Gasteiger partial charge in [0, 0.05) is 0 Å². The number of esters is 2. The summed E-state index contributed by atoms with van der Waals surface area (Å²) in [7, 11) is 0. The van der Waals surface area contributed by atoms with Crippen molar-refractivity contribution in [3.63, 3.8) is 0 Å². The third-order valence-electron chi connectivity index (χ3n) is 4.49. The molecule has 4 nitrogen and oxygen atoms in total. The minimum Gasteiger partial charge on any atom is -0.462 e. The van der Waals surface area contributed by atoms with Crippen LogP contribution < -0.4 is 0 Å². The van der Waals surface area contributed by atoms with Crippen LogP contribution in [0.3, 0.4) is 0 Å². The first-order valence-corrected chi connectivity index (χ1v) is 8.39. The molecular formula is C18H28O4. The molecule has 124 valence electrons. The molecule has 0 aromatic rings. The van der Waals surface area contributed by atoms with E-state index in [2.05, 4.69) is 6.92 Å². The van der Waals surface area contributed by atoms with Crippen LogP contribution in [0.4, 0.5) is 0 Å². The number of hydrogen-bond acceptors (Lipinski definition) is 4. The largest absolute Gasteiger partial charge is 0.462 e. The van der Waals surface area contributed by atoms with Crippen molar-refractivity contribution in [1.29, 1.82) is 0 Å². The standard InChI is InChI=1S/C18H28O4/c1-10(2)8-21-17(19)15-13-6-12(5)14(7-13)16(15)18(20)22-9-11(3)4/h10-14H,6-9H2,1-5H3. The van der Waals surface area contributed by atoms with Gasteiger partial charge in [-0.2, -0.15) is 0 Å². The summed E-state index contributed by atoms with van der Waals surface area (Å²) in [5.41, 5.74) is 1.19. The lowest BCUT2D eigenvalue weighted by atomic mass is 9.84. The summed E-state index contributed by atoms with van der Waals surface area (Å²) in [6.07, 6.45) is 1.86. The quantitative estimate of drug-likeness (QED) is 0.706. The molecule has 3 atom stereocenters. The molecule has 2 rings (SSSR count). The average molecular weight is 308 g/mol. The van der Waals surface area contributed by atoms with E-state index in [1.165, 1.54) is 0 Å². The molecule has 0 amide bonds. The summed E-state index contributed by atoms with van der Waals surface area (Å²) in [6, 6.07) is 0. The maximum absolute atomic E-state index is 12.5. The van der Waals surface area contributed by atoms with Crippen LogP contribution in [0.2, 0.25) is 0 Å². The Bertz CT molecular complexity index is 475. The Morgan fingerprint density at radius 3 is 1.95 bits per heavy atom. The van der Waals surface area contributed by atoms with E-state index < -0.39 is 0 Å². The third-order valence-corrected chi connectivity index (χ3v) is 4.49. The maximum atomic E-state index is 12.5. The lowest BCUT2D eigenvalue weighted by molar-refractivity contribution is -0.144. The van der Waals surface area contributed by atoms with Gasteiger partial charge in [-0.05, 0) is 42.4 Å². The Kier molecular flexibility index (Phi) is 5.30. The lowest BCUT2D eigenvalue weighted by Crippen LogP contribution is -2.25. The first-order valence-electron chi connectivity index (χ1n) is 8.39. The molecule has 0 radical (unpaired) electrons. The van der Waals surface area contributed by atoms with Crippen LogP contribution in [0.1, 0.15) is 47.5 Å². The first kappa shape index (κ1) is 17.0. The van der Waals surface area contributed by atoms with Crippen LogP contribution in [-0.2, 0) is 19.1 Å². The molecule has 0 heterocycles. The van der Waals surface area contributed by atoms with Gasteiger partial charge in [-0.25, -0.2) is 9.59 Å². The van der Waals surface area contributed by atoms with E-state index in [0.29, 0.717) is 36.2 Å². The number of fused-ring (bicyclic) bond motifs is 2. The molecule has 2 aliphatic carbocycles. The summed E-state index contributed by atoms with van der Waals surface area (Å²) in [6.45, 7) is 10.9. The van der Waals surface area contributed by atoms with Crippen LogP contribution >= 0.6 is 0 Å². The van der Waals surface area contributed by atoms with Gasteiger partial charge in [0.05, 0.1) is 24.4 Å². The summed E-state index contributed by atoms with van der Waals surface area (Å²) in [4.78, 5) is 24.9. The van der Waals surface area contributed by atoms with Crippen molar-refractivity contribution >= 4 is 11.9 Å². The molecule has 1 fully saturated rings. The highest BCUT2D eigenvalue weighted by Crippen LogP contribution is 2.52. The first-order chi connectivity index (χ1) is 10.3. The number of carbonyl (C=O) groups excluding carboxylic acids is 2. The second-order valence-corrected chi connectivity index (χ2v) is 7.56. The Morgan fingerprint density at radius 2 is 1.45 bits per heavy atom. The zero-order valence-corrected chi connectivity index (χ0v) is 14.3. The maximum Gasteiger partial charge on any atom is 0.334 e. The SMILES string of the molecule is CC(C)COC(=O)C1=C(C(=O)OCC(C)C)C2CC1CC2C. The van der Waals surface area contributed by atoms with Crippen molar-refractivity contribution in [2.24, 2.45) is 29.6 Å². The minimum absolute atomic E-state index is 0.159. The van der Waals surface area contributed by atoms with Gasteiger partial charge in [0.25, 0.3) is 0 Å². The van der Waals surface area contributed by atoms with Gasteiger partial charge >= 0.3 is 11.9 Å². The number of hydrogen-bond donors (Lipinski definition) is 0. The summed E-state index contributed by atoms with van der Waals surface area (Å²) < 4.78 is 10.8. The predicted octanol–water partition coefficient (Wildman–Crippen LogP) is 3.36. The molecule has 0 aliphatic heterocycles. The summed E-state index contributed by atoms with van der Waals surface area (Å²) in [5, 5.41) is 0. The fourth-order valence-electron chi connectivity index (χ4n) is 3.48. The Labute approximate surface area is 133 Å². The molecule has 0 N–H and O–H groups in total. The highest BCUT2D eigenvalue weighted by atomic mass is 16.5. The summed E-state index contributed by atoms with van der Waals surface area (Å²) >= 11 is 0. The zero-order valence-electron chi connectivity index (χ0n) is 14.3. The fourth-order valence-corrected chi connectivity index (χ4v) is 3.48. The topological polar surface area (TPSA) is 52.6 Å². The van der Waals surface area contributed by atoms with Gasteiger partial charge in [0.15, 0.2) is 0 Å². The molecule has 0 aromatic heterocycles. The minimum atomic E-state index is -0.316. The van der Waals surface area contributed by atoms with Crippen LogP contribution in [0.25, 0.3) is 0 Å². The molecule has 4 heteroatoms. The highest BCUT2D eigenvalue weighted by molar-refractivity contribution is 6.02. The van der Waals surface area contributed by atoms with E-state index in [1.54, 1.807) is 0 Å². The summed E-state index contributed by atoms with van der Waals surface area (Å²) in [5.74, 6) is 0.713. The molecule has 0 aromatic carbocycles. The lowest BCUT2D eigenvalue weighted by Gasteiger charge is -2.23. The van der Waals surface area contributed by atoms with Gasteiger partial charge in [0.2, 0.25) is 0 Å². The Morgan fingerprint density at radius 1 is 0.955 bits per heavy atom. The fraction of sp³-hybridized carbons (Fsp3) is 0.778. The van der Waals surface area contributed by atoms with Crippen LogP contribution in [0, 0.1) is 29.6 Å². The molecule has 0 spiro atoms. The second-order valence-electron chi connectivity index (χ2n) is 7.56. The van der Waals surface area contributed by atoms with Crippen molar-refractivity contribution in [1.82, 2.24) is 0 Å². The molecule has 2 bridgehead atoms. The second kappa shape index (κ2) is 6.84. The number of carbonyl (C=O) groups is 2. The van der Waals surface area contributed by atoms with Gasteiger partial charge < -0.3 is 9.47 Å². The van der Waals surface area contributed by atoms with Gasteiger partial charge in [-0.15, -0.1) is 0 Å². The van der Waals surface area contributed by atoms with Gasteiger partial charge in [-0.1, -0.05) is 34.6 Å². The van der Waals surface area contributed by atoms with Gasteiger partial charge in [-0.3, -0.25) is 0 Å². The molecule has 0 saturated heterocycles. The van der Waals surface area contributed by atoms with Crippen molar-refractivity contribution in [3.05, 3.63) is 11.1 Å². The number of rotatable bonds is 6. The van der Waals surface area contributed by atoms with Crippen molar-refractivity contribution in [2.75, 3.05) is 13.2 Å². The normalized spacial score (nSPS) is 27.0. The predicted molar refractivity (Wildman–Crippen MR) is 84.0 cm³/mol. The average Bonchev–Trinajstić information content (AvgIpc) is 2.98. The molecular weight excluding hydrogens is 280 g/mol. The smallest absolute Gasteiger partial charge is 0.334 e. The third kappa shape index (κ3) is 3.53. The van der Waals surface area contributed by atoms with E-state index >= 15 is 0 Å². The van der Waals surface area contributed by atoms with Crippen LogP contribution in [0.5, 0.6) is 0 Å². The molecule has 3 unspecified atom stereocenters. The highest BCUT2D eigenvalue weighted by Gasteiger charge is 2.49. The van der Waals surface area contributed by atoms with E-state index in [4.69, 9.17) is 9.47 Å². The van der Waals surface area contributed by atoms with Crippen molar-refractivity contribution in [3.8, 4) is 0 Å². The van der Waals surface area contributed by atoms with Crippen molar-refractivity contribution < 1.29 is 19.1 Å². The van der Waals surface area contributed by atoms with Crippen molar-refractivity contribution in [2.45, 2.75) is 47.5 Å². The zero-order chi connectivity index (χ0) is 16.4. The Balaban J connectivity index is 2.18. The van der Waals surface area contributed by atoms with Gasteiger partial charge in [0.1, 0.15) is 0 Å². The molecule has 22 heavy (non-hydrogen) atoms. The van der Waals surface area contributed by atoms with E-state index in [-0.39, 0.29) is 29.7 Å². The van der Waals surface area contributed by atoms with E-state index in [9.17, 15) is 9.59 Å². The van der Waals surface area contributed by atoms with Crippen LogP contribution in [-0.4, -0.2) is 25.2 Å². The number of ether oxygens (including phenoxy) is 2. The van der Waals surface area contributed by atoms with E-state index in [0.717, 1.165) is 12.8 Å².